The molecule has 1 fully saturated rings. The van der Waals surface area contributed by atoms with Crippen LogP contribution in [0.3, 0.4) is 0 Å². The van der Waals surface area contributed by atoms with Gasteiger partial charge in [0.2, 0.25) is 0 Å². The van der Waals surface area contributed by atoms with Crippen molar-refractivity contribution in [2.45, 2.75) is 25.3 Å². The highest BCUT2D eigenvalue weighted by molar-refractivity contribution is 5.95. The maximum atomic E-state index is 13.0. The molecule has 3 heterocycles. The third-order valence-electron chi connectivity index (χ3n) is 6.94. The van der Waals surface area contributed by atoms with E-state index >= 15 is 0 Å². The van der Waals surface area contributed by atoms with Crippen LogP contribution in [-0.4, -0.2) is 52.0 Å². The van der Waals surface area contributed by atoms with Gasteiger partial charge in [-0.25, -0.2) is 0 Å². The summed E-state index contributed by atoms with van der Waals surface area (Å²) in [5, 5.41) is 12.8. The molecule has 0 aliphatic carbocycles. The Morgan fingerprint density at radius 1 is 1.05 bits per heavy atom. The summed E-state index contributed by atoms with van der Waals surface area (Å²) in [5.74, 6) is 1.28. The van der Waals surface area contributed by atoms with Crippen molar-refractivity contribution in [3.8, 4) is 5.75 Å². The molecule has 0 bridgehead atoms. The maximum Gasteiger partial charge on any atom is 0.251 e. The van der Waals surface area contributed by atoms with Gasteiger partial charge in [0.1, 0.15) is 17.8 Å². The number of piperidine rings is 1. The number of phenolic OH excluding ortho intramolecular Hbond substituents is 1. The Labute approximate surface area is 217 Å². The van der Waals surface area contributed by atoms with Gasteiger partial charge in [0.05, 0.1) is 0 Å². The lowest BCUT2D eigenvalue weighted by Gasteiger charge is -2.34. The minimum absolute atomic E-state index is 0.0321. The zero-order valence-electron chi connectivity index (χ0n) is 20.8. The Morgan fingerprint density at radius 2 is 1.92 bits per heavy atom. The second-order valence-corrected chi connectivity index (χ2v) is 9.43. The number of pyridine rings is 1. The summed E-state index contributed by atoms with van der Waals surface area (Å²) >= 11 is 0. The molecule has 37 heavy (non-hydrogen) atoms. The van der Waals surface area contributed by atoms with Gasteiger partial charge in [-0.1, -0.05) is 36.4 Å². The van der Waals surface area contributed by atoms with Crippen LogP contribution in [0.4, 0.5) is 0 Å². The van der Waals surface area contributed by atoms with E-state index in [2.05, 4.69) is 26.2 Å². The van der Waals surface area contributed by atoms with Gasteiger partial charge in [-0.05, 0) is 67.2 Å². The fourth-order valence-corrected chi connectivity index (χ4v) is 4.91. The number of aromatic hydroxyl groups is 1. The Bertz CT molecular complexity index is 1270. The van der Waals surface area contributed by atoms with Crippen molar-refractivity contribution in [2.24, 2.45) is 0 Å². The molecule has 2 aromatic carbocycles. The first-order chi connectivity index (χ1) is 18.2. The number of rotatable bonds is 8. The van der Waals surface area contributed by atoms with E-state index in [1.165, 1.54) is 0 Å². The molecule has 1 aromatic heterocycles. The summed E-state index contributed by atoms with van der Waals surface area (Å²) in [7, 11) is 0. The van der Waals surface area contributed by atoms with Gasteiger partial charge >= 0.3 is 0 Å². The molecule has 0 radical (unpaired) electrons. The van der Waals surface area contributed by atoms with Gasteiger partial charge in [-0.15, -0.1) is 0 Å². The van der Waals surface area contributed by atoms with Gasteiger partial charge in [0, 0.05) is 55.6 Å². The predicted molar refractivity (Wildman–Crippen MR) is 143 cm³/mol. The SMILES string of the molecule is O=C(NCc1cccnc1)c1ccccc1C1CCN(CCN2C=COC(c3cccc(O)c3)=C2)CC1. The van der Waals surface area contributed by atoms with Crippen molar-refractivity contribution in [2.75, 3.05) is 26.2 Å². The Hall–Kier alpha value is -4.10. The lowest BCUT2D eigenvalue weighted by atomic mass is 9.86. The van der Waals surface area contributed by atoms with Crippen LogP contribution in [0.2, 0.25) is 0 Å². The van der Waals surface area contributed by atoms with Crippen molar-refractivity contribution >= 4 is 11.7 Å². The monoisotopic (exact) mass is 496 g/mol. The predicted octanol–water partition coefficient (Wildman–Crippen LogP) is 4.70. The normalized spacial score (nSPS) is 16.2. The second kappa shape index (κ2) is 11.8. The number of nitrogens with zero attached hydrogens (tertiary/aromatic N) is 3. The molecule has 7 heteroatoms. The summed E-state index contributed by atoms with van der Waals surface area (Å²) in [4.78, 5) is 21.7. The molecule has 0 saturated carbocycles. The average Bonchev–Trinajstić information content (AvgIpc) is 2.96. The van der Waals surface area contributed by atoms with Crippen molar-refractivity contribution in [3.63, 3.8) is 0 Å². The zero-order chi connectivity index (χ0) is 25.5. The number of ether oxygens (including phenoxy) is 1. The molecule has 5 rings (SSSR count). The van der Waals surface area contributed by atoms with E-state index in [1.54, 1.807) is 30.8 Å². The average molecular weight is 497 g/mol. The third kappa shape index (κ3) is 6.37. The molecule has 190 valence electrons. The van der Waals surface area contributed by atoms with E-state index in [9.17, 15) is 9.90 Å². The number of hydrogen-bond acceptors (Lipinski definition) is 6. The number of likely N-dealkylation sites (tertiary alicyclic amines) is 1. The lowest BCUT2D eigenvalue weighted by Crippen LogP contribution is -2.37. The van der Waals surface area contributed by atoms with E-state index in [0.717, 1.165) is 67.0 Å². The molecule has 7 nitrogen and oxygen atoms in total. The number of benzene rings is 2. The van der Waals surface area contributed by atoms with Crippen molar-refractivity contribution in [1.29, 1.82) is 0 Å². The fraction of sp³-hybridized carbons (Fsp3) is 0.267. The van der Waals surface area contributed by atoms with Crippen LogP contribution in [0, 0.1) is 0 Å². The summed E-state index contributed by atoms with van der Waals surface area (Å²) in [6.45, 7) is 4.24. The van der Waals surface area contributed by atoms with Crippen LogP contribution in [-0.2, 0) is 11.3 Å². The summed E-state index contributed by atoms with van der Waals surface area (Å²) < 4.78 is 5.66. The Balaban J connectivity index is 1.14. The molecular weight excluding hydrogens is 464 g/mol. The summed E-state index contributed by atoms with van der Waals surface area (Å²) in [6, 6.07) is 18.9. The highest BCUT2D eigenvalue weighted by Gasteiger charge is 2.24. The number of carbonyl (C=O) groups excluding carboxylic acids is 1. The number of nitrogens with one attached hydrogen (secondary N) is 1. The maximum absolute atomic E-state index is 13.0. The molecule has 2 aliphatic rings. The molecule has 0 unspecified atom stereocenters. The van der Waals surface area contributed by atoms with E-state index in [-0.39, 0.29) is 11.7 Å². The largest absolute Gasteiger partial charge is 0.508 e. The zero-order valence-corrected chi connectivity index (χ0v) is 20.8. The minimum Gasteiger partial charge on any atom is -0.508 e. The van der Waals surface area contributed by atoms with Crippen LogP contribution < -0.4 is 5.32 Å². The van der Waals surface area contributed by atoms with E-state index in [0.29, 0.717) is 12.5 Å². The first kappa shape index (κ1) is 24.6. The molecule has 3 aromatic rings. The summed E-state index contributed by atoms with van der Waals surface area (Å²) in [5.41, 5.74) is 3.74. The Kier molecular flexibility index (Phi) is 7.81. The number of hydrogen-bond donors (Lipinski definition) is 2. The minimum atomic E-state index is -0.0321. The van der Waals surface area contributed by atoms with Crippen LogP contribution in [0.5, 0.6) is 5.75 Å². The molecule has 1 saturated heterocycles. The molecule has 0 atom stereocenters. The molecule has 0 spiro atoms. The van der Waals surface area contributed by atoms with Crippen LogP contribution in [0.25, 0.3) is 5.76 Å². The first-order valence-electron chi connectivity index (χ1n) is 12.7. The van der Waals surface area contributed by atoms with E-state index in [1.807, 2.05) is 54.9 Å². The van der Waals surface area contributed by atoms with Gasteiger partial charge < -0.3 is 25.0 Å². The van der Waals surface area contributed by atoms with Crippen LogP contribution in [0.15, 0.2) is 91.7 Å². The quantitative estimate of drug-likeness (QED) is 0.471. The molecule has 2 aliphatic heterocycles. The Morgan fingerprint density at radius 3 is 2.73 bits per heavy atom. The lowest BCUT2D eigenvalue weighted by molar-refractivity contribution is 0.0948. The van der Waals surface area contributed by atoms with Gasteiger partial charge in [-0.2, -0.15) is 0 Å². The van der Waals surface area contributed by atoms with Crippen LogP contribution >= 0.6 is 0 Å². The van der Waals surface area contributed by atoms with Crippen molar-refractivity contribution in [3.05, 3.63) is 114 Å². The standard InChI is InChI=1S/C30H32N4O3/c35-26-7-3-6-25(19-26)29-22-34(17-18-37-29)16-15-33-13-10-24(11-14-33)27-8-1-2-9-28(27)30(36)32-21-23-5-4-12-31-20-23/h1-9,12,17-20,22,24,35H,10-11,13-16,21H2,(H,32,36). The van der Waals surface area contributed by atoms with Gasteiger partial charge in [0.15, 0.2) is 0 Å². The number of phenols is 1. The van der Waals surface area contributed by atoms with Crippen LogP contribution in [0.1, 0.15) is 45.8 Å². The summed E-state index contributed by atoms with van der Waals surface area (Å²) in [6.07, 6.45) is 11.1. The first-order valence-corrected chi connectivity index (χ1v) is 12.7. The molecule has 1 amide bonds. The topological polar surface area (TPSA) is 77.9 Å². The van der Waals surface area contributed by atoms with Crippen molar-refractivity contribution in [1.82, 2.24) is 20.1 Å². The highest BCUT2D eigenvalue weighted by Crippen LogP contribution is 2.31. The highest BCUT2D eigenvalue weighted by atomic mass is 16.5. The second-order valence-electron chi connectivity index (χ2n) is 9.43. The molecule has 2 N–H and O–H groups in total. The van der Waals surface area contributed by atoms with E-state index in [4.69, 9.17) is 4.74 Å². The van der Waals surface area contributed by atoms with Gasteiger partial charge in [-0.3, -0.25) is 9.78 Å². The molecular formula is C30H32N4O3. The number of amides is 1. The fourth-order valence-electron chi connectivity index (χ4n) is 4.91. The van der Waals surface area contributed by atoms with Crippen molar-refractivity contribution < 1.29 is 14.6 Å². The van der Waals surface area contributed by atoms with E-state index < -0.39 is 0 Å². The number of carbonyl (C=O) groups is 1. The number of aromatic nitrogens is 1. The third-order valence-corrected chi connectivity index (χ3v) is 6.94. The smallest absolute Gasteiger partial charge is 0.251 e. The van der Waals surface area contributed by atoms with Gasteiger partial charge in [0.25, 0.3) is 5.91 Å².